The van der Waals surface area contributed by atoms with E-state index >= 15 is 0 Å². The predicted molar refractivity (Wildman–Crippen MR) is 73.6 cm³/mol. The first-order valence-corrected chi connectivity index (χ1v) is 6.98. The molecule has 0 amide bonds. The molecule has 1 nitrogen and oxygen atoms in total. The smallest absolute Gasteiger partial charge is 0.123 e. The van der Waals surface area contributed by atoms with E-state index in [1.807, 2.05) is 12.1 Å². The van der Waals surface area contributed by atoms with E-state index in [0.717, 1.165) is 12.0 Å². The molecule has 1 fully saturated rings. The molecule has 1 aromatic rings. The van der Waals surface area contributed by atoms with Crippen molar-refractivity contribution in [1.82, 2.24) is 0 Å². The van der Waals surface area contributed by atoms with Crippen LogP contribution in [0, 0.1) is 23.6 Å². The number of nitrogens with two attached hydrogens (primary N) is 1. The van der Waals surface area contributed by atoms with Crippen LogP contribution in [-0.2, 0) is 5.54 Å². The second-order valence-electron chi connectivity index (χ2n) is 6.28. The zero-order chi connectivity index (χ0) is 13.3. The molecule has 3 atom stereocenters. The summed E-state index contributed by atoms with van der Waals surface area (Å²) in [5.41, 5.74) is 7.54. The molecule has 1 aliphatic carbocycles. The van der Waals surface area contributed by atoms with Crippen molar-refractivity contribution in [3.8, 4) is 0 Å². The summed E-state index contributed by atoms with van der Waals surface area (Å²) in [5, 5.41) is 0. The van der Waals surface area contributed by atoms with Gasteiger partial charge in [-0.25, -0.2) is 4.39 Å². The van der Waals surface area contributed by atoms with E-state index in [9.17, 15) is 4.39 Å². The molecule has 100 valence electrons. The van der Waals surface area contributed by atoms with Crippen LogP contribution >= 0.6 is 0 Å². The van der Waals surface area contributed by atoms with E-state index in [-0.39, 0.29) is 11.4 Å². The van der Waals surface area contributed by atoms with Crippen molar-refractivity contribution < 1.29 is 4.39 Å². The lowest BCUT2D eigenvalue weighted by Gasteiger charge is -2.46. The summed E-state index contributed by atoms with van der Waals surface area (Å²) in [6, 6.07) is 6.78. The lowest BCUT2D eigenvalue weighted by molar-refractivity contribution is 0.108. The van der Waals surface area contributed by atoms with E-state index < -0.39 is 0 Å². The highest BCUT2D eigenvalue weighted by Gasteiger charge is 2.42. The molecule has 0 bridgehead atoms. The Hall–Kier alpha value is -0.890. The minimum atomic E-state index is -0.292. The first-order valence-electron chi connectivity index (χ1n) is 6.98. The summed E-state index contributed by atoms with van der Waals surface area (Å²) in [4.78, 5) is 0. The topological polar surface area (TPSA) is 26.0 Å². The normalized spacial score (nSPS) is 32.8. The third-order valence-corrected chi connectivity index (χ3v) is 4.50. The molecular formula is C16H24FN. The van der Waals surface area contributed by atoms with Crippen LogP contribution in [0.1, 0.15) is 45.6 Å². The molecule has 0 spiro atoms. The van der Waals surface area contributed by atoms with Gasteiger partial charge in [-0.3, -0.25) is 0 Å². The number of rotatable bonds is 2. The van der Waals surface area contributed by atoms with Gasteiger partial charge in [0.15, 0.2) is 0 Å². The summed E-state index contributed by atoms with van der Waals surface area (Å²) >= 11 is 0. The minimum Gasteiger partial charge on any atom is -0.321 e. The summed E-state index contributed by atoms with van der Waals surface area (Å²) in [6.45, 7) is 6.75. The van der Waals surface area contributed by atoms with Gasteiger partial charge < -0.3 is 5.73 Å². The molecule has 2 rings (SSSR count). The maximum Gasteiger partial charge on any atom is 0.123 e. The molecule has 0 aromatic heterocycles. The van der Waals surface area contributed by atoms with Crippen molar-refractivity contribution in [2.24, 2.45) is 23.5 Å². The molecule has 2 N–H and O–H groups in total. The van der Waals surface area contributed by atoms with Crippen LogP contribution in [0.3, 0.4) is 0 Å². The monoisotopic (exact) mass is 249 g/mol. The zero-order valence-corrected chi connectivity index (χ0v) is 11.6. The maximum atomic E-state index is 13.1. The Bertz CT molecular complexity index is 398. The van der Waals surface area contributed by atoms with Crippen LogP contribution < -0.4 is 5.73 Å². The van der Waals surface area contributed by atoms with Crippen LogP contribution in [-0.4, -0.2) is 0 Å². The Morgan fingerprint density at radius 3 is 2.39 bits per heavy atom. The summed E-state index contributed by atoms with van der Waals surface area (Å²) in [6.07, 6.45) is 3.43. The fourth-order valence-corrected chi connectivity index (χ4v) is 3.57. The molecule has 3 unspecified atom stereocenters. The average Bonchev–Trinajstić information content (AvgIpc) is 2.28. The summed E-state index contributed by atoms with van der Waals surface area (Å²) < 4.78 is 13.1. The van der Waals surface area contributed by atoms with Gasteiger partial charge in [-0.05, 0) is 48.3 Å². The minimum absolute atomic E-state index is 0.188. The third kappa shape index (κ3) is 2.44. The Morgan fingerprint density at radius 2 is 1.83 bits per heavy atom. The van der Waals surface area contributed by atoms with Gasteiger partial charge in [-0.2, -0.15) is 0 Å². The summed E-state index contributed by atoms with van der Waals surface area (Å²) in [7, 11) is 0. The van der Waals surface area contributed by atoms with Crippen LogP contribution in [0.5, 0.6) is 0 Å². The number of benzene rings is 1. The largest absolute Gasteiger partial charge is 0.321 e. The van der Waals surface area contributed by atoms with E-state index in [2.05, 4.69) is 20.8 Å². The Balaban J connectivity index is 2.37. The van der Waals surface area contributed by atoms with Gasteiger partial charge in [0.25, 0.3) is 0 Å². The highest BCUT2D eigenvalue weighted by atomic mass is 19.1. The molecule has 0 heterocycles. The third-order valence-electron chi connectivity index (χ3n) is 4.50. The van der Waals surface area contributed by atoms with Crippen LogP contribution in [0.15, 0.2) is 24.3 Å². The van der Waals surface area contributed by atoms with Crippen molar-refractivity contribution in [2.75, 3.05) is 0 Å². The van der Waals surface area contributed by atoms with Crippen LogP contribution in [0.4, 0.5) is 4.39 Å². The lowest BCUT2D eigenvalue weighted by atomic mass is 9.63. The Morgan fingerprint density at radius 1 is 1.22 bits per heavy atom. The Kier molecular flexibility index (Phi) is 3.76. The number of hydrogen-bond donors (Lipinski definition) is 1. The second kappa shape index (κ2) is 5.00. The van der Waals surface area contributed by atoms with Crippen molar-refractivity contribution >= 4 is 0 Å². The van der Waals surface area contributed by atoms with Gasteiger partial charge in [0.2, 0.25) is 0 Å². The highest BCUT2D eigenvalue weighted by Crippen LogP contribution is 2.45. The molecule has 0 radical (unpaired) electrons. The van der Waals surface area contributed by atoms with Crippen molar-refractivity contribution in [3.63, 3.8) is 0 Å². The predicted octanol–water partition coefficient (Wildman–Crippen LogP) is 4.07. The SMILES string of the molecule is CC1CCC(C(C)C)C(N)(c2ccc(F)cc2)C1. The molecular weight excluding hydrogens is 225 g/mol. The second-order valence-corrected chi connectivity index (χ2v) is 6.28. The van der Waals surface area contributed by atoms with E-state index in [1.165, 1.54) is 25.0 Å². The van der Waals surface area contributed by atoms with Crippen molar-refractivity contribution in [3.05, 3.63) is 35.6 Å². The fraction of sp³-hybridized carbons (Fsp3) is 0.625. The van der Waals surface area contributed by atoms with Gasteiger partial charge in [0, 0.05) is 5.54 Å². The molecule has 18 heavy (non-hydrogen) atoms. The van der Waals surface area contributed by atoms with E-state index in [0.29, 0.717) is 17.8 Å². The molecule has 0 aliphatic heterocycles. The molecule has 0 saturated heterocycles. The standard InChI is InChI=1S/C16H24FN/c1-11(2)15-9-4-12(3)10-16(15,18)13-5-7-14(17)8-6-13/h5-8,11-12,15H,4,9-10,18H2,1-3H3. The Labute approximate surface area is 110 Å². The first kappa shape index (κ1) is 13.5. The quantitative estimate of drug-likeness (QED) is 0.840. The van der Waals surface area contributed by atoms with Gasteiger partial charge >= 0.3 is 0 Å². The van der Waals surface area contributed by atoms with Crippen molar-refractivity contribution in [2.45, 2.75) is 45.6 Å². The van der Waals surface area contributed by atoms with Gasteiger partial charge in [0.1, 0.15) is 5.82 Å². The van der Waals surface area contributed by atoms with E-state index in [1.54, 1.807) is 0 Å². The molecule has 1 aliphatic rings. The molecule has 2 heteroatoms. The molecule has 1 aromatic carbocycles. The zero-order valence-electron chi connectivity index (χ0n) is 11.6. The van der Waals surface area contributed by atoms with Gasteiger partial charge in [-0.1, -0.05) is 39.3 Å². The van der Waals surface area contributed by atoms with Crippen LogP contribution in [0.25, 0.3) is 0 Å². The lowest BCUT2D eigenvalue weighted by Crippen LogP contribution is -2.50. The van der Waals surface area contributed by atoms with Crippen molar-refractivity contribution in [1.29, 1.82) is 0 Å². The summed E-state index contributed by atoms with van der Waals surface area (Å²) in [5.74, 6) is 1.51. The van der Waals surface area contributed by atoms with Gasteiger partial charge in [0.05, 0.1) is 0 Å². The molecule has 1 saturated carbocycles. The van der Waals surface area contributed by atoms with Crippen LogP contribution in [0.2, 0.25) is 0 Å². The average molecular weight is 249 g/mol. The van der Waals surface area contributed by atoms with E-state index in [4.69, 9.17) is 5.73 Å². The maximum absolute atomic E-state index is 13.1. The number of hydrogen-bond acceptors (Lipinski definition) is 1. The highest BCUT2D eigenvalue weighted by molar-refractivity contribution is 5.27. The van der Waals surface area contributed by atoms with Gasteiger partial charge in [-0.15, -0.1) is 0 Å². The fourth-order valence-electron chi connectivity index (χ4n) is 3.57. The number of halogens is 1. The first-order chi connectivity index (χ1) is 8.43.